The second-order valence-electron chi connectivity index (χ2n) is 6.06. The van der Waals surface area contributed by atoms with Crippen molar-refractivity contribution in [2.24, 2.45) is 5.92 Å². The monoisotopic (exact) mass is 329 g/mol. The summed E-state index contributed by atoms with van der Waals surface area (Å²) in [4.78, 5) is 8.75. The summed E-state index contributed by atoms with van der Waals surface area (Å²) in [5, 5.41) is 9.46. The van der Waals surface area contributed by atoms with Crippen LogP contribution in [0.2, 0.25) is 5.02 Å². The largest absolute Gasteiger partial charge is 0.369 e. The van der Waals surface area contributed by atoms with Crippen LogP contribution in [0.15, 0.2) is 30.7 Å². The van der Waals surface area contributed by atoms with Crippen molar-refractivity contribution in [1.29, 1.82) is 0 Å². The molecule has 1 N–H and O–H groups in total. The first-order valence-corrected chi connectivity index (χ1v) is 8.13. The normalized spacial score (nSPS) is 11.3. The maximum absolute atomic E-state index is 6.13. The lowest BCUT2D eigenvalue weighted by Gasteiger charge is -2.09. The van der Waals surface area contributed by atoms with Gasteiger partial charge in [0, 0.05) is 11.6 Å². The number of nitrogens with zero attached hydrogens (tertiary/aromatic N) is 4. The summed E-state index contributed by atoms with van der Waals surface area (Å²) in [7, 11) is 0. The van der Waals surface area contributed by atoms with Gasteiger partial charge in [-0.1, -0.05) is 31.5 Å². The number of halogens is 1. The van der Waals surface area contributed by atoms with Gasteiger partial charge in [-0.15, -0.1) is 0 Å². The Kier molecular flexibility index (Phi) is 4.48. The van der Waals surface area contributed by atoms with Gasteiger partial charge in [0.05, 0.1) is 17.3 Å². The molecule has 3 rings (SSSR count). The van der Waals surface area contributed by atoms with Crippen molar-refractivity contribution in [3.05, 3.63) is 41.3 Å². The van der Waals surface area contributed by atoms with Crippen LogP contribution in [0.4, 0.5) is 5.82 Å². The summed E-state index contributed by atoms with van der Waals surface area (Å²) in [6.07, 6.45) is 4.46. The SMILES string of the molecule is Cc1ccc(Cl)cc1-n1ncc2c(NCCC(C)C)ncnc21. The number of hydrogen-bond donors (Lipinski definition) is 1. The van der Waals surface area contributed by atoms with Gasteiger partial charge in [-0.05, 0) is 37.0 Å². The van der Waals surface area contributed by atoms with Crippen LogP contribution in [0, 0.1) is 12.8 Å². The number of anilines is 1. The molecule has 0 radical (unpaired) electrons. The zero-order valence-electron chi connectivity index (χ0n) is 13.5. The number of hydrogen-bond acceptors (Lipinski definition) is 4. The van der Waals surface area contributed by atoms with E-state index in [9.17, 15) is 0 Å². The van der Waals surface area contributed by atoms with Crippen molar-refractivity contribution < 1.29 is 0 Å². The summed E-state index contributed by atoms with van der Waals surface area (Å²) in [6.45, 7) is 7.32. The zero-order valence-corrected chi connectivity index (χ0v) is 14.3. The quantitative estimate of drug-likeness (QED) is 0.760. The van der Waals surface area contributed by atoms with E-state index in [0.29, 0.717) is 10.9 Å². The summed E-state index contributed by atoms with van der Waals surface area (Å²) in [5.74, 6) is 1.47. The Morgan fingerprint density at radius 2 is 2.09 bits per heavy atom. The smallest absolute Gasteiger partial charge is 0.168 e. The zero-order chi connectivity index (χ0) is 16.4. The maximum atomic E-state index is 6.13. The van der Waals surface area contributed by atoms with E-state index in [0.717, 1.165) is 41.1 Å². The molecule has 0 saturated carbocycles. The third kappa shape index (κ3) is 3.29. The molecule has 0 aliphatic heterocycles. The Balaban J connectivity index is 1.99. The summed E-state index contributed by atoms with van der Waals surface area (Å²) >= 11 is 6.13. The molecule has 1 aromatic carbocycles. The van der Waals surface area contributed by atoms with Gasteiger partial charge in [-0.2, -0.15) is 5.10 Å². The van der Waals surface area contributed by atoms with E-state index in [2.05, 4.69) is 34.2 Å². The van der Waals surface area contributed by atoms with Crippen LogP contribution in [-0.4, -0.2) is 26.3 Å². The predicted molar refractivity (Wildman–Crippen MR) is 94.4 cm³/mol. The fourth-order valence-electron chi connectivity index (χ4n) is 2.45. The number of aromatic nitrogens is 4. The molecule has 2 heterocycles. The second kappa shape index (κ2) is 6.54. The Morgan fingerprint density at radius 3 is 2.87 bits per heavy atom. The predicted octanol–water partition coefficient (Wildman–Crippen LogP) is 4.24. The molecule has 0 aliphatic carbocycles. The van der Waals surface area contributed by atoms with Gasteiger partial charge in [0.2, 0.25) is 0 Å². The average Bonchev–Trinajstić information content (AvgIpc) is 2.94. The van der Waals surface area contributed by atoms with Crippen LogP contribution < -0.4 is 5.32 Å². The molecule has 2 aromatic heterocycles. The van der Waals surface area contributed by atoms with E-state index < -0.39 is 0 Å². The van der Waals surface area contributed by atoms with Crippen LogP contribution in [0.1, 0.15) is 25.8 Å². The summed E-state index contributed by atoms with van der Waals surface area (Å²) < 4.78 is 1.81. The van der Waals surface area contributed by atoms with Crippen molar-refractivity contribution in [3.63, 3.8) is 0 Å². The van der Waals surface area contributed by atoms with Crippen LogP contribution >= 0.6 is 11.6 Å². The van der Waals surface area contributed by atoms with Crippen LogP contribution in [-0.2, 0) is 0 Å². The molecule has 6 heteroatoms. The Labute approximate surface area is 140 Å². The molecule has 0 aliphatic rings. The minimum atomic E-state index is 0.650. The lowest BCUT2D eigenvalue weighted by molar-refractivity contribution is 0.607. The van der Waals surface area contributed by atoms with Gasteiger partial charge in [-0.25, -0.2) is 14.6 Å². The van der Waals surface area contributed by atoms with E-state index >= 15 is 0 Å². The van der Waals surface area contributed by atoms with E-state index in [1.807, 2.05) is 29.8 Å². The molecule has 0 spiro atoms. The molecule has 0 fully saturated rings. The Morgan fingerprint density at radius 1 is 1.26 bits per heavy atom. The molecular formula is C17H20ClN5. The van der Waals surface area contributed by atoms with Gasteiger partial charge < -0.3 is 5.32 Å². The van der Waals surface area contributed by atoms with Crippen molar-refractivity contribution in [2.75, 3.05) is 11.9 Å². The number of aryl methyl sites for hydroxylation is 1. The molecule has 0 saturated heterocycles. The molecule has 0 atom stereocenters. The molecule has 0 amide bonds. The fourth-order valence-corrected chi connectivity index (χ4v) is 2.62. The maximum Gasteiger partial charge on any atom is 0.168 e. The lowest BCUT2D eigenvalue weighted by atomic mass is 10.1. The third-order valence-corrected chi connectivity index (χ3v) is 4.01. The number of nitrogens with one attached hydrogen (secondary N) is 1. The molecule has 23 heavy (non-hydrogen) atoms. The lowest BCUT2D eigenvalue weighted by Crippen LogP contribution is -2.07. The number of fused-ring (bicyclic) bond motifs is 1. The first-order valence-electron chi connectivity index (χ1n) is 7.75. The van der Waals surface area contributed by atoms with E-state index in [4.69, 9.17) is 11.6 Å². The van der Waals surface area contributed by atoms with Crippen LogP contribution in [0.25, 0.3) is 16.7 Å². The Hall–Kier alpha value is -2.14. The third-order valence-electron chi connectivity index (χ3n) is 3.78. The van der Waals surface area contributed by atoms with Crippen molar-refractivity contribution >= 4 is 28.5 Å². The topological polar surface area (TPSA) is 55.6 Å². The number of rotatable bonds is 5. The van der Waals surface area contributed by atoms with Gasteiger partial charge in [0.15, 0.2) is 5.65 Å². The molecule has 120 valence electrons. The van der Waals surface area contributed by atoms with E-state index in [1.165, 1.54) is 0 Å². The highest BCUT2D eigenvalue weighted by molar-refractivity contribution is 6.30. The molecule has 5 nitrogen and oxygen atoms in total. The van der Waals surface area contributed by atoms with Gasteiger partial charge in [-0.3, -0.25) is 0 Å². The average molecular weight is 330 g/mol. The van der Waals surface area contributed by atoms with Crippen molar-refractivity contribution in [1.82, 2.24) is 19.7 Å². The Bertz CT molecular complexity index is 825. The van der Waals surface area contributed by atoms with Crippen molar-refractivity contribution in [3.8, 4) is 5.69 Å². The first kappa shape index (κ1) is 15.7. The fraction of sp³-hybridized carbons (Fsp3) is 0.353. The highest BCUT2D eigenvalue weighted by Crippen LogP contribution is 2.25. The molecule has 0 unspecified atom stereocenters. The second-order valence-corrected chi connectivity index (χ2v) is 6.49. The molecule has 3 aromatic rings. The van der Waals surface area contributed by atoms with E-state index in [-0.39, 0.29) is 0 Å². The summed E-state index contributed by atoms with van der Waals surface area (Å²) in [5.41, 5.74) is 2.80. The molecule has 0 bridgehead atoms. The standard InChI is InChI=1S/C17H20ClN5/c1-11(2)6-7-19-16-14-9-22-23(17(14)21-10-20-16)15-8-13(18)5-4-12(15)3/h4-5,8-11H,6-7H2,1-3H3,(H,19,20,21). The highest BCUT2D eigenvalue weighted by atomic mass is 35.5. The summed E-state index contributed by atoms with van der Waals surface area (Å²) in [6, 6.07) is 5.76. The highest BCUT2D eigenvalue weighted by Gasteiger charge is 2.12. The van der Waals surface area contributed by atoms with Gasteiger partial charge in [0.25, 0.3) is 0 Å². The van der Waals surface area contributed by atoms with E-state index in [1.54, 1.807) is 12.5 Å². The van der Waals surface area contributed by atoms with Gasteiger partial charge >= 0.3 is 0 Å². The van der Waals surface area contributed by atoms with Crippen molar-refractivity contribution in [2.45, 2.75) is 27.2 Å². The van der Waals surface area contributed by atoms with Crippen LogP contribution in [0.5, 0.6) is 0 Å². The minimum Gasteiger partial charge on any atom is -0.369 e. The minimum absolute atomic E-state index is 0.650. The van der Waals surface area contributed by atoms with Gasteiger partial charge in [0.1, 0.15) is 12.1 Å². The molecular weight excluding hydrogens is 310 g/mol. The first-order chi connectivity index (χ1) is 11.1. The number of benzene rings is 1. The van der Waals surface area contributed by atoms with Crippen LogP contribution in [0.3, 0.4) is 0 Å².